The summed E-state index contributed by atoms with van der Waals surface area (Å²) in [4.78, 5) is 11.1. The van der Waals surface area contributed by atoms with Gasteiger partial charge in [0.15, 0.2) is 0 Å². The van der Waals surface area contributed by atoms with Gasteiger partial charge in [-0.15, -0.1) is 0 Å². The molecule has 0 fully saturated rings. The molecule has 0 spiro atoms. The first kappa shape index (κ1) is 12.2. The van der Waals surface area contributed by atoms with Gasteiger partial charge in [-0.1, -0.05) is 38.4 Å². The molecule has 0 radical (unpaired) electrons. The average molecular weight is 300 g/mol. The van der Waals surface area contributed by atoms with Crippen LogP contribution >= 0.6 is 31.9 Å². The minimum absolute atomic E-state index is 0.0808. The van der Waals surface area contributed by atoms with E-state index in [0.717, 1.165) is 0 Å². The highest BCUT2D eigenvalue weighted by Crippen LogP contribution is 2.18. The fourth-order valence-corrected chi connectivity index (χ4v) is 1.35. The van der Waals surface area contributed by atoms with Gasteiger partial charge in [0.1, 0.15) is 0 Å². The molecule has 0 aromatic carbocycles. The maximum absolute atomic E-state index is 11.1. The van der Waals surface area contributed by atoms with Crippen molar-refractivity contribution < 1.29 is 9.53 Å². The summed E-state index contributed by atoms with van der Waals surface area (Å²) in [6, 6.07) is 0. The Labute approximate surface area is 89.6 Å². The van der Waals surface area contributed by atoms with Gasteiger partial charge >= 0.3 is 5.97 Å². The van der Waals surface area contributed by atoms with Crippen molar-refractivity contribution in [2.24, 2.45) is 0 Å². The first-order chi connectivity index (χ1) is 5.43. The number of carbonyl (C=O) groups is 1. The quantitative estimate of drug-likeness (QED) is 0.453. The second-order valence-electron chi connectivity index (χ2n) is 2.65. The molecule has 0 N–H and O–H groups in total. The lowest BCUT2D eigenvalue weighted by Gasteiger charge is -2.09. The monoisotopic (exact) mass is 298 g/mol. The molecule has 70 valence electrons. The minimum Gasteiger partial charge on any atom is -0.460 e. The fraction of sp³-hybridized carbons (Fsp3) is 0.625. The largest absolute Gasteiger partial charge is 0.460 e. The van der Waals surface area contributed by atoms with E-state index in [1.807, 2.05) is 13.8 Å². The van der Waals surface area contributed by atoms with Crippen LogP contribution in [0.5, 0.6) is 0 Å². The number of alkyl halides is 2. The molecule has 12 heavy (non-hydrogen) atoms. The Bertz CT molecular complexity index is 156. The van der Waals surface area contributed by atoms with Crippen molar-refractivity contribution in [3.63, 3.8) is 0 Å². The van der Waals surface area contributed by atoms with Crippen LogP contribution in [0.2, 0.25) is 0 Å². The zero-order chi connectivity index (χ0) is 9.72. The summed E-state index contributed by atoms with van der Waals surface area (Å²) in [6.07, 6.45) is 0.462. The van der Waals surface area contributed by atoms with Gasteiger partial charge in [-0.2, -0.15) is 0 Å². The van der Waals surface area contributed by atoms with Crippen LogP contribution in [-0.2, 0) is 9.53 Å². The van der Waals surface area contributed by atoms with Crippen LogP contribution in [0, 0.1) is 0 Å². The third-order valence-electron chi connectivity index (χ3n) is 1.03. The van der Waals surface area contributed by atoms with Crippen molar-refractivity contribution in [1.82, 2.24) is 0 Å². The first-order valence-corrected chi connectivity index (χ1v) is 5.43. The Balaban J connectivity index is 3.86. The van der Waals surface area contributed by atoms with Crippen molar-refractivity contribution >= 4 is 37.8 Å². The number of carbonyl (C=O) groups excluding carboxylic acids is 1. The molecule has 0 heterocycles. The molecule has 0 aromatic rings. The maximum atomic E-state index is 11.1. The van der Waals surface area contributed by atoms with E-state index in [4.69, 9.17) is 4.74 Å². The second-order valence-corrected chi connectivity index (χ2v) is 6.09. The standard InChI is InChI=1S/C8H12Br2O2/c1-5(2)12-8(11)6(3)4-7(9)10/h5,7H,3-4H2,1-2H3. The van der Waals surface area contributed by atoms with Crippen molar-refractivity contribution in [2.75, 3.05) is 0 Å². The summed E-state index contributed by atoms with van der Waals surface area (Å²) < 4.78 is 5.01. The molecule has 0 amide bonds. The molecule has 0 aliphatic heterocycles. The lowest BCUT2D eigenvalue weighted by atomic mass is 10.2. The summed E-state index contributed by atoms with van der Waals surface area (Å²) in [5.74, 6) is -0.325. The Morgan fingerprint density at radius 1 is 1.50 bits per heavy atom. The van der Waals surface area contributed by atoms with E-state index >= 15 is 0 Å². The van der Waals surface area contributed by atoms with Crippen molar-refractivity contribution in [2.45, 2.75) is 30.1 Å². The molecule has 0 aromatic heterocycles. The van der Waals surface area contributed by atoms with Crippen LogP contribution in [0.25, 0.3) is 0 Å². The summed E-state index contributed by atoms with van der Waals surface area (Å²) in [5.41, 5.74) is 0.474. The average Bonchev–Trinajstić information content (AvgIpc) is 1.84. The van der Waals surface area contributed by atoms with Gasteiger partial charge in [0, 0.05) is 12.0 Å². The number of hydrogen-bond acceptors (Lipinski definition) is 2. The molecular weight excluding hydrogens is 288 g/mol. The van der Waals surface area contributed by atoms with Crippen LogP contribution in [-0.4, -0.2) is 15.8 Å². The SMILES string of the molecule is C=C(CC(Br)Br)C(=O)OC(C)C. The summed E-state index contributed by atoms with van der Waals surface area (Å²) in [7, 11) is 0. The molecular formula is C8H12Br2O2. The zero-order valence-corrected chi connectivity index (χ0v) is 10.3. The van der Waals surface area contributed by atoms with Crippen LogP contribution in [0.4, 0.5) is 0 Å². The van der Waals surface area contributed by atoms with Crippen LogP contribution < -0.4 is 0 Å². The van der Waals surface area contributed by atoms with E-state index in [-0.39, 0.29) is 15.8 Å². The Kier molecular flexibility index (Phi) is 5.84. The molecule has 4 heteroatoms. The third-order valence-corrected chi connectivity index (χ3v) is 1.68. The molecule has 0 aliphatic rings. The topological polar surface area (TPSA) is 26.3 Å². The Hall–Kier alpha value is 0.170. The molecule has 0 rings (SSSR count). The number of ether oxygens (including phenoxy) is 1. The van der Waals surface area contributed by atoms with Gasteiger partial charge in [0.05, 0.1) is 9.84 Å². The molecule has 0 unspecified atom stereocenters. The normalized spacial score (nSPS) is 10.5. The van der Waals surface area contributed by atoms with E-state index < -0.39 is 0 Å². The highest BCUT2D eigenvalue weighted by molar-refractivity contribution is 9.24. The first-order valence-electron chi connectivity index (χ1n) is 3.60. The number of rotatable bonds is 4. The highest BCUT2D eigenvalue weighted by Gasteiger charge is 2.12. The van der Waals surface area contributed by atoms with Crippen molar-refractivity contribution in [3.05, 3.63) is 12.2 Å². The van der Waals surface area contributed by atoms with E-state index in [0.29, 0.717) is 12.0 Å². The molecule has 0 saturated carbocycles. The van der Waals surface area contributed by atoms with Crippen molar-refractivity contribution in [1.29, 1.82) is 0 Å². The molecule has 0 saturated heterocycles. The number of halogens is 2. The van der Waals surface area contributed by atoms with Crippen LogP contribution in [0.1, 0.15) is 20.3 Å². The van der Waals surface area contributed by atoms with Gasteiger partial charge in [0.25, 0.3) is 0 Å². The highest BCUT2D eigenvalue weighted by atomic mass is 79.9. The van der Waals surface area contributed by atoms with E-state index in [2.05, 4.69) is 38.4 Å². The lowest BCUT2D eigenvalue weighted by Crippen LogP contribution is -2.14. The lowest BCUT2D eigenvalue weighted by molar-refractivity contribution is -0.142. The molecule has 0 bridgehead atoms. The maximum Gasteiger partial charge on any atom is 0.333 e. The number of hydrogen-bond donors (Lipinski definition) is 0. The minimum atomic E-state index is -0.325. The van der Waals surface area contributed by atoms with E-state index in [1.165, 1.54) is 0 Å². The summed E-state index contributed by atoms with van der Waals surface area (Å²) >= 11 is 6.52. The van der Waals surface area contributed by atoms with Gasteiger partial charge < -0.3 is 4.74 Å². The predicted octanol–water partition coefficient (Wildman–Crippen LogP) is 3.00. The predicted molar refractivity (Wildman–Crippen MR) is 56.6 cm³/mol. The van der Waals surface area contributed by atoms with E-state index in [1.54, 1.807) is 0 Å². The van der Waals surface area contributed by atoms with Gasteiger partial charge in [-0.25, -0.2) is 4.79 Å². The van der Waals surface area contributed by atoms with Crippen LogP contribution in [0.3, 0.4) is 0 Å². The Morgan fingerprint density at radius 3 is 2.33 bits per heavy atom. The zero-order valence-electron chi connectivity index (χ0n) is 7.14. The van der Waals surface area contributed by atoms with Gasteiger partial charge in [-0.05, 0) is 13.8 Å². The third kappa shape index (κ3) is 5.77. The second kappa shape index (κ2) is 5.75. The van der Waals surface area contributed by atoms with Gasteiger partial charge in [0.2, 0.25) is 0 Å². The summed E-state index contributed by atoms with van der Waals surface area (Å²) in [6.45, 7) is 7.23. The van der Waals surface area contributed by atoms with Gasteiger partial charge in [-0.3, -0.25) is 0 Å². The smallest absolute Gasteiger partial charge is 0.333 e. The fourth-order valence-electron chi connectivity index (χ4n) is 0.567. The van der Waals surface area contributed by atoms with Crippen LogP contribution in [0.15, 0.2) is 12.2 Å². The molecule has 2 nitrogen and oxygen atoms in total. The Morgan fingerprint density at radius 2 is 2.00 bits per heavy atom. The summed E-state index contributed by atoms with van der Waals surface area (Å²) in [5, 5.41) is 0. The number of esters is 1. The molecule has 0 aliphatic carbocycles. The molecule has 0 atom stereocenters. The van der Waals surface area contributed by atoms with Crippen molar-refractivity contribution in [3.8, 4) is 0 Å². The van der Waals surface area contributed by atoms with E-state index in [9.17, 15) is 4.79 Å².